The molecule has 0 atom stereocenters. The molecule has 0 aliphatic heterocycles. The zero-order valence-corrected chi connectivity index (χ0v) is 12.8. The van der Waals surface area contributed by atoms with Gasteiger partial charge in [0.2, 0.25) is 0 Å². The lowest BCUT2D eigenvalue weighted by molar-refractivity contribution is 0.0696. The second-order valence-electron chi connectivity index (χ2n) is 4.53. The Morgan fingerprint density at radius 3 is 2.38 bits per heavy atom. The summed E-state index contributed by atoms with van der Waals surface area (Å²) < 4.78 is 0.496. The molecule has 0 aliphatic rings. The van der Waals surface area contributed by atoms with Gasteiger partial charge in [0.05, 0.1) is 11.3 Å². The molecule has 2 aromatic rings. The van der Waals surface area contributed by atoms with E-state index in [1.165, 1.54) is 18.2 Å². The summed E-state index contributed by atoms with van der Waals surface area (Å²) in [5, 5.41) is 11.6. The molecule has 2 rings (SSSR count). The van der Waals surface area contributed by atoms with Gasteiger partial charge in [-0.15, -0.1) is 0 Å². The Balaban J connectivity index is 2.23. The molecule has 0 fully saturated rings. The van der Waals surface area contributed by atoms with Gasteiger partial charge in [0.25, 0.3) is 5.91 Å². The number of hydrogen-bond donors (Lipinski definition) is 3. The molecular formula is C15H13BrN2O3. The number of amides is 1. The van der Waals surface area contributed by atoms with Gasteiger partial charge in [-0.3, -0.25) is 4.79 Å². The number of carboxylic acids is 1. The van der Waals surface area contributed by atoms with Gasteiger partial charge < -0.3 is 16.2 Å². The molecular weight excluding hydrogens is 336 g/mol. The minimum atomic E-state index is -1.03. The normalized spacial score (nSPS) is 10.2. The molecule has 0 aliphatic carbocycles. The Morgan fingerprint density at radius 1 is 1.14 bits per heavy atom. The van der Waals surface area contributed by atoms with Gasteiger partial charge in [-0.05, 0) is 58.7 Å². The molecule has 5 nitrogen and oxygen atoms in total. The summed E-state index contributed by atoms with van der Waals surface area (Å²) in [6, 6.07) is 9.44. The summed E-state index contributed by atoms with van der Waals surface area (Å²) in [6.45, 7) is 1.86. The molecule has 0 saturated heterocycles. The fourth-order valence-corrected chi connectivity index (χ4v) is 2.20. The van der Waals surface area contributed by atoms with Crippen LogP contribution in [0.15, 0.2) is 40.9 Å². The lowest BCUT2D eigenvalue weighted by Crippen LogP contribution is -2.13. The Hall–Kier alpha value is -2.34. The number of carbonyl (C=O) groups is 2. The first-order valence-electron chi connectivity index (χ1n) is 6.09. The van der Waals surface area contributed by atoms with Crippen molar-refractivity contribution in [1.29, 1.82) is 0 Å². The molecule has 21 heavy (non-hydrogen) atoms. The predicted octanol–water partition coefficient (Wildman–Crippen LogP) is 3.29. The van der Waals surface area contributed by atoms with Gasteiger partial charge in [-0.2, -0.15) is 0 Å². The summed E-state index contributed by atoms with van der Waals surface area (Å²) in [4.78, 5) is 23.0. The molecule has 0 unspecified atom stereocenters. The summed E-state index contributed by atoms with van der Waals surface area (Å²) in [5.41, 5.74) is 8.29. The van der Waals surface area contributed by atoms with Gasteiger partial charge in [-0.25, -0.2) is 4.79 Å². The number of nitrogens with two attached hydrogens (primary N) is 1. The van der Waals surface area contributed by atoms with Gasteiger partial charge in [-0.1, -0.05) is 6.07 Å². The van der Waals surface area contributed by atoms with Crippen LogP contribution in [0.25, 0.3) is 0 Å². The topological polar surface area (TPSA) is 92.4 Å². The van der Waals surface area contributed by atoms with Crippen LogP contribution in [0.2, 0.25) is 0 Å². The van der Waals surface area contributed by atoms with Crippen molar-refractivity contribution in [2.45, 2.75) is 6.92 Å². The zero-order valence-electron chi connectivity index (χ0n) is 11.2. The Labute approximate surface area is 129 Å². The number of anilines is 2. The number of nitrogen functional groups attached to an aromatic ring is 1. The monoisotopic (exact) mass is 348 g/mol. The van der Waals surface area contributed by atoms with Crippen LogP contribution in [0.4, 0.5) is 11.4 Å². The van der Waals surface area contributed by atoms with E-state index >= 15 is 0 Å². The Kier molecular flexibility index (Phi) is 4.28. The minimum Gasteiger partial charge on any atom is -0.478 e. The second kappa shape index (κ2) is 5.97. The van der Waals surface area contributed by atoms with E-state index in [0.29, 0.717) is 21.4 Å². The van der Waals surface area contributed by atoms with Crippen molar-refractivity contribution in [3.8, 4) is 0 Å². The van der Waals surface area contributed by atoms with Crippen LogP contribution in [0.1, 0.15) is 26.3 Å². The van der Waals surface area contributed by atoms with Crippen molar-refractivity contribution < 1.29 is 14.7 Å². The first-order valence-corrected chi connectivity index (χ1v) is 6.88. The van der Waals surface area contributed by atoms with Crippen molar-refractivity contribution in [2.75, 3.05) is 11.1 Å². The van der Waals surface area contributed by atoms with Crippen molar-refractivity contribution in [3.05, 3.63) is 57.6 Å². The average Bonchev–Trinajstić information content (AvgIpc) is 2.43. The van der Waals surface area contributed by atoms with Crippen molar-refractivity contribution >= 4 is 39.2 Å². The molecule has 0 spiro atoms. The van der Waals surface area contributed by atoms with Crippen LogP contribution in [-0.2, 0) is 0 Å². The van der Waals surface area contributed by atoms with Gasteiger partial charge in [0.1, 0.15) is 0 Å². The molecule has 1 amide bonds. The third-order valence-corrected chi connectivity index (χ3v) is 3.66. The zero-order chi connectivity index (χ0) is 15.6. The van der Waals surface area contributed by atoms with Crippen LogP contribution >= 0.6 is 15.9 Å². The van der Waals surface area contributed by atoms with E-state index in [1.807, 2.05) is 6.92 Å². The van der Waals surface area contributed by atoms with E-state index in [2.05, 4.69) is 21.2 Å². The smallest absolute Gasteiger partial charge is 0.335 e. The average molecular weight is 349 g/mol. The van der Waals surface area contributed by atoms with Crippen molar-refractivity contribution in [3.63, 3.8) is 0 Å². The number of halogens is 1. The largest absolute Gasteiger partial charge is 0.478 e. The van der Waals surface area contributed by atoms with E-state index in [4.69, 9.17) is 10.8 Å². The highest BCUT2D eigenvalue weighted by atomic mass is 79.9. The Morgan fingerprint density at radius 2 is 1.81 bits per heavy atom. The van der Waals surface area contributed by atoms with Crippen LogP contribution in [0.3, 0.4) is 0 Å². The number of aryl methyl sites for hydroxylation is 1. The van der Waals surface area contributed by atoms with E-state index in [9.17, 15) is 9.59 Å². The SMILES string of the molecule is Cc1ccc(C(=O)Nc2ccc(C(=O)O)cc2Br)cc1N. The van der Waals surface area contributed by atoms with Crippen LogP contribution < -0.4 is 11.1 Å². The fraction of sp³-hybridized carbons (Fsp3) is 0.0667. The highest BCUT2D eigenvalue weighted by Crippen LogP contribution is 2.24. The quantitative estimate of drug-likeness (QED) is 0.742. The summed E-state index contributed by atoms with van der Waals surface area (Å²) in [7, 11) is 0. The molecule has 0 bridgehead atoms. The molecule has 2 aromatic carbocycles. The van der Waals surface area contributed by atoms with E-state index in [-0.39, 0.29) is 11.5 Å². The molecule has 108 valence electrons. The lowest BCUT2D eigenvalue weighted by Gasteiger charge is -2.09. The number of carbonyl (C=O) groups excluding carboxylic acids is 1. The number of hydrogen-bond acceptors (Lipinski definition) is 3. The molecule has 0 radical (unpaired) electrons. The molecule has 0 aromatic heterocycles. The maximum Gasteiger partial charge on any atom is 0.335 e. The van der Waals surface area contributed by atoms with E-state index in [1.54, 1.807) is 18.2 Å². The molecule has 0 saturated carbocycles. The van der Waals surface area contributed by atoms with Gasteiger partial charge in [0, 0.05) is 15.7 Å². The number of benzene rings is 2. The summed E-state index contributed by atoms with van der Waals surface area (Å²) >= 11 is 3.24. The van der Waals surface area contributed by atoms with Crippen molar-refractivity contribution in [1.82, 2.24) is 0 Å². The summed E-state index contributed by atoms with van der Waals surface area (Å²) in [5.74, 6) is -1.34. The third kappa shape index (κ3) is 3.41. The highest BCUT2D eigenvalue weighted by Gasteiger charge is 2.11. The first kappa shape index (κ1) is 15.1. The number of nitrogens with one attached hydrogen (secondary N) is 1. The second-order valence-corrected chi connectivity index (χ2v) is 5.38. The number of carboxylic acid groups (broad SMARTS) is 1. The Bertz CT molecular complexity index is 729. The number of rotatable bonds is 3. The minimum absolute atomic E-state index is 0.138. The van der Waals surface area contributed by atoms with E-state index < -0.39 is 5.97 Å². The predicted molar refractivity (Wildman–Crippen MR) is 84.6 cm³/mol. The first-order chi connectivity index (χ1) is 9.88. The third-order valence-electron chi connectivity index (χ3n) is 3.01. The molecule has 4 N–H and O–H groups in total. The van der Waals surface area contributed by atoms with Gasteiger partial charge >= 0.3 is 5.97 Å². The van der Waals surface area contributed by atoms with Crippen LogP contribution in [0.5, 0.6) is 0 Å². The van der Waals surface area contributed by atoms with Crippen LogP contribution in [-0.4, -0.2) is 17.0 Å². The number of aromatic carboxylic acids is 1. The summed E-state index contributed by atoms with van der Waals surface area (Å²) in [6.07, 6.45) is 0. The maximum atomic E-state index is 12.1. The van der Waals surface area contributed by atoms with Crippen molar-refractivity contribution in [2.24, 2.45) is 0 Å². The molecule has 6 heteroatoms. The highest BCUT2D eigenvalue weighted by molar-refractivity contribution is 9.10. The van der Waals surface area contributed by atoms with Gasteiger partial charge in [0.15, 0.2) is 0 Å². The standard InChI is InChI=1S/C15H13BrN2O3/c1-8-2-3-9(7-12(8)17)14(19)18-13-5-4-10(15(20)21)6-11(13)16/h2-7H,17H2,1H3,(H,18,19)(H,20,21). The maximum absolute atomic E-state index is 12.1. The molecule has 0 heterocycles. The van der Waals surface area contributed by atoms with Crippen LogP contribution in [0, 0.1) is 6.92 Å². The lowest BCUT2D eigenvalue weighted by atomic mass is 10.1. The fourth-order valence-electron chi connectivity index (χ4n) is 1.73. The van der Waals surface area contributed by atoms with E-state index in [0.717, 1.165) is 5.56 Å².